The van der Waals surface area contributed by atoms with Gasteiger partial charge in [0.25, 0.3) is 0 Å². The molecule has 2 aliphatic heterocycles. The van der Waals surface area contributed by atoms with Gasteiger partial charge in [-0.1, -0.05) is 30.3 Å². The number of aliphatic imine (C=N–C) groups is 1. The first-order valence-corrected chi connectivity index (χ1v) is 8.92. The molecule has 1 aromatic carbocycles. The smallest absolute Gasteiger partial charge is 0.191 e. The Morgan fingerprint density at radius 3 is 2.33 bits per heavy atom. The van der Waals surface area contributed by atoms with Crippen molar-refractivity contribution < 1.29 is 4.74 Å². The highest BCUT2D eigenvalue weighted by Crippen LogP contribution is 2.08. The Morgan fingerprint density at radius 2 is 1.62 bits per heavy atom. The van der Waals surface area contributed by atoms with Gasteiger partial charge in [0.1, 0.15) is 0 Å². The van der Waals surface area contributed by atoms with E-state index in [0.717, 1.165) is 72.1 Å². The molecule has 0 spiro atoms. The minimum atomic E-state index is 0.668. The summed E-state index contributed by atoms with van der Waals surface area (Å²) in [6.07, 6.45) is 0. The maximum absolute atomic E-state index is 6.07. The first-order valence-electron chi connectivity index (χ1n) is 8.92. The average Bonchev–Trinajstić information content (AvgIpc) is 2.65. The van der Waals surface area contributed by atoms with Gasteiger partial charge in [-0.25, -0.2) is 0 Å². The van der Waals surface area contributed by atoms with Crippen molar-refractivity contribution in [2.45, 2.75) is 6.54 Å². The second kappa shape index (κ2) is 9.01. The third kappa shape index (κ3) is 5.19. The number of benzene rings is 1. The molecule has 3 rings (SSSR count). The topological polar surface area (TPSA) is 57.3 Å². The summed E-state index contributed by atoms with van der Waals surface area (Å²) < 4.78 is 5.34. The van der Waals surface area contributed by atoms with E-state index in [1.807, 2.05) is 0 Å². The Morgan fingerprint density at radius 1 is 0.958 bits per heavy atom. The van der Waals surface area contributed by atoms with Crippen LogP contribution in [0, 0.1) is 0 Å². The molecule has 0 unspecified atom stereocenters. The molecular formula is C18H29N5O. The molecule has 24 heavy (non-hydrogen) atoms. The third-order valence-corrected chi connectivity index (χ3v) is 4.74. The lowest BCUT2D eigenvalue weighted by Crippen LogP contribution is -2.47. The van der Waals surface area contributed by atoms with Crippen LogP contribution < -0.4 is 5.73 Å². The molecule has 2 aliphatic rings. The summed E-state index contributed by atoms with van der Waals surface area (Å²) in [7, 11) is 0. The van der Waals surface area contributed by atoms with Gasteiger partial charge in [0.2, 0.25) is 0 Å². The van der Waals surface area contributed by atoms with Gasteiger partial charge in [-0.3, -0.25) is 14.8 Å². The second-order valence-corrected chi connectivity index (χ2v) is 6.44. The normalized spacial score (nSPS) is 21.2. The highest BCUT2D eigenvalue weighted by atomic mass is 16.5. The van der Waals surface area contributed by atoms with E-state index >= 15 is 0 Å². The van der Waals surface area contributed by atoms with Crippen molar-refractivity contribution in [3.63, 3.8) is 0 Å². The van der Waals surface area contributed by atoms with Crippen LogP contribution in [0.2, 0.25) is 0 Å². The molecule has 2 fully saturated rings. The number of guanidine groups is 1. The largest absolute Gasteiger partial charge is 0.378 e. The first-order chi connectivity index (χ1) is 11.8. The minimum Gasteiger partial charge on any atom is -0.378 e. The van der Waals surface area contributed by atoms with E-state index in [1.165, 1.54) is 5.56 Å². The van der Waals surface area contributed by atoms with E-state index in [0.29, 0.717) is 5.96 Å². The van der Waals surface area contributed by atoms with Crippen molar-refractivity contribution in [1.29, 1.82) is 0 Å². The Bertz CT molecular complexity index is 507. The lowest BCUT2D eigenvalue weighted by atomic mass is 10.2. The molecule has 2 saturated heterocycles. The van der Waals surface area contributed by atoms with Gasteiger partial charge >= 0.3 is 0 Å². The molecule has 0 saturated carbocycles. The zero-order chi connectivity index (χ0) is 16.6. The lowest BCUT2D eigenvalue weighted by Gasteiger charge is -2.34. The molecule has 0 amide bonds. The maximum atomic E-state index is 6.07. The molecule has 0 atom stereocenters. The molecule has 0 radical (unpaired) electrons. The zero-order valence-corrected chi connectivity index (χ0v) is 14.4. The summed E-state index contributed by atoms with van der Waals surface area (Å²) in [5.41, 5.74) is 7.46. The van der Waals surface area contributed by atoms with E-state index in [9.17, 15) is 0 Å². The third-order valence-electron chi connectivity index (χ3n) is 4.74. The number of morpholine rings is 1. The monoisotopic (exact) mass is 331 g/mol. The van der Waals surface area contributed by atoms with Gasteiger partial charge in [-0.05, 0) is 5.56 Å². The maximum Gasteiger partial charge on any atom is 0.191 e. The number of rotatable bonds is 5. The number of piperazine rings is 1. The molecule has 6 heteroatoms. The zero-order valence-electron chi connectivity index (χ0n) is 14.4. The van der Waals surface area contributed by atoms with Crippen LogP contribution in [0.1, 0.15) is 5.56 Å². The molecule has 0 aliphatic carbocycles. The molecule has 0 bridgehead atoms. The Labute approximate surface area is 144 Å². The Balaban J connectivity index is 1.35. The van der Waals surface area contributed by atoms with Crippen LogP contribution in [0.5, 0.6) is 0 Å². The fourth-order valence-corrected chi connectivity index (χ4v) is 3.21. The number of hydrogen-bond donors (Lipinski definition) is 1. The van der Waals surface area contributed by atoms with Crippen LogP contribution in [0.4, 0.5) is 0 Å². The van der Waals surface area contributed by atoms with Crippen LogP contribution in [-0.2, 0) is 11.3 Å². The molecule has 6 nitrogen and oxygen atoms in total. The van der Waals surface area contributed by atoms with E-state index in [4.69, 9.17) is 10.5 Å². The second-order valence-electron chi connectivity index (χ2n) is 6.44. The lowest BCUT2D eigenvalue weighted by molar-refractivity contribution is 0.0673. The number of nitrogens with two attached hydrogens (primary N) is 1. The SMILES string of the molecule is NC(=NCCN1CCN(Cc2ccccc2)CC1)N1CCOCC1. The Kier molecular flexibility index (Phi) is 6.46. The predicted molar refractivity (Wildman–Crippen MR) is 97.0 cm³/mol. The van der Waals surface area contributed by atoms with Crippen LogP contribution in [0.3, 0.4) is 0 Å². The molecular weight excluding hydrogens is 302 g/mol. The van der Waals surface area contributed by atoms with E-state index in [2.05, 4.69) is 50.0 Å². The molecule has 1 aromatic rings. The molecule has 2 heterocycles. The van der Waals surface area contributed by atoms with Gasteiger partial charge in [0.05, 0.1) is 19.8 Å². The Hall–Kier alpha value is -1.63. The van der Waals surface area contributed by atoms with Gasteiger partial charge in [0.15, 0.2) is 5.96 Å². The highest BCUT2D eigenvalue weighted by Gasteiger charge is 2.17. The van der Waals surface area contributed by atoms with Crippen LogP contribution in [0.15, 0.2) is 35.3 Å². The van der Waals surface area contributed by atoms with Gasteiger partial charge in [0, 0.05) is 52.4 Å². The number of ether oxygens (including phenoxy) is 1. The van der Waals surface area contributed by atoms with Crippen molar-refractivity contribution in [3.05, 3.63) is 35.9 Å². The summed E-state index contributed by atoms with van der Waals surface area (Å²) >= 11 is 0. The highest BCUT2D eigenvalue weighted by molar-refractivity contribution is 5.78. The molecule has 132 valence electrons. The average molecular weight is 331 g/mol. The fraction of sp³-hybridized carbons (Fsp3) is 0.611. The summed E-state index contributed by atoms with van der Waals surface area (Å²) in [6, 6.07) is 10.7. The van der Waals surface area contributed by atoms with E-state index in [-0.39, 0.29) is 0 Å². The van der Waals surface area contributed by atoms with Crippen LogP contribution >= 0.6 is 0 Å². The van der Waals surface area contributed by atoms with Gasteiger partial charge < -0.3 is 15.4 Å². The van der Waals surface area contributed by atoms with Crippen molar-refractivity contribution >= 4 is 5.96 Å². The number of hydrogen-bond acceptors (Lipinski definition) is 4. The fourth-order valence-electron chi connectivity index (χ4n) is 3.21. The van der Waals surface area contributed by atoms with Crippen molar-refractivity contribution in [2.75, 3.05) is 65.6 Å². The first kappa shape index (κ1) is 17.2. The van der Waals surface area contributed by atoms with Crippen LogP contribution in [-0.4, -0.2) is 86.2 Å². The van der Waals surface area contributed by atoms with Gasteiger partial charge in [-0.15, -0.1) is 0 Å². The van der Waals surface area contributed by atoms with E-state index < -0.39 is 0 Å². The molecule has 0 aromatic heterocycles. The summed E-state index contributed by atoms with van der Waals surface area (Å²) in [5.74, 6) is 0.668. The summed E-state index contributed by atoms with van der Waals surface area (Å²) in [5, 5.41) is 0. The van der Waals surface area contributed by atoms with Crippen molar-refractivity contribution in [2.24, 2.45) is 10.7 Å². The standard InChI is InChI=1S/C18H29N5O/c19-18(23-12-14-24-15-13-23)20-6-7-21-8-10-22(11-9-21)16-17-4-2-1-3-5-17/h1-5H,6-16H2,(H2,19,20). The quantitative estimate of drug-likeness (QED) is 0.627. The molecule has 2 N–H and O–H groups in total. The van der Waals surface area contributed by atoms with Crippen LogP contribution in [0.25, 0.3) is 0 Å². The summed E-state index contributed by atoms with van der Waals surface area (Å²) in [4.78, 5) is 11.7. The van der Waals surface area contributed by atoms with Gasteiger partial charge in [-0.2, -0.15) is 0 Å². The van der Waals surface area contributed by atoms with Crippen molar-refractivity contribution in [3.8, 4) is 0 Å². The van der Waals surface area contributed by atoms with Crippen molar-refractivity contribution in [1.82, 2.24) is 14.7 Å². The number of nitrogens with zero attached hydrogens (tertiary/aromatic N) is 4. The summed E-state index contributed by atoms with van der Waals surface area (Å²) in [6.45, 7) is 10.5. The predicted octanol–water partition coefficient (Wildman–Crippen LogP) is 0.451. The van der Waals surface area contributed by atoms with E-state index in [1.54, 1.807) is 0 Å². The minimum absolute atomic E-state index is 0.668.